The van der Waals surface area contributed by atoms with E-state index in [1.807, 2.05) is 13.0 Å². The van der Waals surface area contributed by atoms with Gasteiger partial charge in [-0.25, -0.2) is 9.79 Å². The summed E-state index contributed by atoms with van der Waals surface area (Å²) in [5.41, 5.74) is 0.735. The predicted molar refractivity (Wildman–Crippen MR) is 122 cm³/mol. The molecule has 3 rings (SSSR count). The number of carboxylic acid groups (broad SMARTS) is 1. The van der Waals surface area contributed by atoms with E-state index in [2.05, 4.69) is 4.99 Å². The second-order valence-corrected chi connectivity index (χ2v) is 8.05. The average Bonchev–Trinajstić information content (AvgIpc) is 3.00. The molecule has 8 nitrogen and oxygen atoms in total. The van der Waals surface area contributed by atoms with Crippen LogP contribution in [0, 0.1) is 0 Å². The predicted octanol–water partition coefficient (Wildman–Crippen LogP) is 4.07. The van der Waals surface area contributed by atoms with Gasteiger partial charge in [-0.2, -0.15) is 0 Å². The van der Waals surface area contributed by atoms with Gasteiger partial charge in [-0.05, 0) is 49.4 Å². The van der Waals surface area contributed by atoms with Gasteiger partial charge in [0, 0.05) is 18.7 Å². The first-order chi connectivity index (χ1) is 15.2. The van der Waals surface area contributed by atoms with Crippen LogP contribution >= 0.6 is 11.8 Å². The largest absolute Gasteiger partial charge is 0.507 e. The standard InChI is InChI=1S/C23H22N2O6S/c1-4-18(13(2)26)31-19-8-6-5-7-14(19)11-20-21(28)25(3)23(32-20)24-15-9-10-16(22(29)30)17(27)12-15/h5-12,18,27H,4H2,1-3H3,(H,29,30)/b20-11-,24-23?. The summed E-state index contributed by atoms with van der Waals surface area (Å²) in [4.78, 5) is 41.7. The third-order valence-electron chi connectivity index (χ3n) is 4.74. The maximum Gasteiger partial charge on any atom is 0.339 e. The van der Waals surface area contributed by atoms with Crippen molar-refractivity contribution >= 4 is 46.4 Å². The number of aromatic carboxylic acids is 1. The molecule has 1 aliphatic heterocycles. The SMILES string of the molecule is CCC(Oc1ccccc1/C=C1\SC(=Nc2ccc(C(=O)O)c(O)c2)N(C)C1=O)C(C)=O. The molecule has 2 aromatic rings. The number of thioether (sulfide) groups is 1. The minimum atomic E-state index is -1.24. The number of carbonyl (C=O) groups excluding carboxylic acids is 2. The van der Waals surface area contributed by atoms with E-state index in [-0.39, 0.29) is 17.3 Å². The minimum absolute atomic E-state index is 0.0763. The fraction of sp³-hybridized carbons (Fsp3) is 0.217. The third-order valence-corrected chi connectivity index (χ3v) is 5.80. The number of likely N-dealkylation sites (N-methyl/N-ethyl adjacent to an activating group) is 1. The molecule has 1 atom stereocenters. The summed E-state index contributed by atoms with van der Waals surface area (Å²) in [5.74, 6) is -1.50. The van der Waals surface area contributed by atoms with E-state index in [1.54, 1.807) is 31.3 Å². The average molecular weight is 455 g/mol. The molecule has 0 aliphatic carbocycles. The molecular formula is C23H22N2O6S. The Kier molecular flexibility index (Phi) is 6.99. The highest BCUT2D eigenvalue weighted by molar-refractivity contribution is 8.18. The van der Waals surface area contributed by atoms with E-state index in [1.165, 1.54) is 30.0 Å². The number of rotatable bonds is 7. The topological polar surface area (TPSA) is 116 Å². The number of aliphatic imine (C=N–C) groups is 1. The fourth-order valence-corrected chi connectivity index (χ4v) is 3.97. The lowest BCUT2D eigenvalue weighted by Crippen LogP contribution is -2.24. The van der Waals surface area contributed by atoms with Crippen molar-refractivity contribution in [3.63, 3.8) is 0 Å². The number of aromatic hydroxyl groups is 1. The number of hydrogen-bond donors (Lipinski definition) is 2. The first-order valence-electron chi connectivity index (χ1n) is 9.80. The third kappa shape index (κ3) is 5.00. The van der Waals surface area contributed by atoms with Crippen LogP contribution in [0.2, 0.25) is 0 Å². The second-order valence-electron chi connectivity index (χ2n) is 7.04. The van der Waals surface area contributed by atoms with Crippen LogP contribution in [0.25, 0.3) is 6.08 Å². The van der Waals surface area contributed by atoms with E-state index in [0.29, 0.717) is 33.5 Å². The number of phenols is 1. The smallest absolute Gasteiger partial charge is 0.339 e. The Hall–Kier alpha value is -3.59. The van der Waals surface area contributed by atoms with Crippen LogP contribution in [0.1, 0.15) is 36.2 Å². The zero-order valence-electron chi connectivity index (χ0n) is 17.7. The normalized spacial score (nSPS) is 17.1. The highest BCUT2D eigenvalue weighted by Gasteiger charge is 2.31. The highest BCUT2D eigenvalue weighted by Crippen LogP contribution is 2.35. The van der Waals surface area contributed by atoms with Crippen LogP contribution in [-0.4, -0.2) is 51.1 Å². The maximum atomic E-state index is 12.8. The number of hydrogen-bond acceptors (Lipinski definition) is 7. The van der Waals surface area contributed by atoms with Gasteiger partial charge in [0.25, 0.3) is 5.91 Å². The Morgan fingerprint density at radius 1 is 1.25 bits per heavy atom. The van der Waals surface area contributed by atoms with Crippen molar-refractivity contribution in [2.24, 2.45) is 4.99 Å². The highest BCUT2D eigenvalue weighted by atomic mass is 32.2. The molecule has 2 N–H and O–H groups in total. The lowest BCUT2D eigenvalue weighted by Gasteiger charge is -2.16. The molecule has 2 aromatic carbocycles. The van der Waals surface area contributed by atoms with Gasteiger partial charge < -0.3 is 14.9 Å². The van der Waals surface area contributed by atoms with Gasteiger partial charge >= 0.3 is 5.97 Å². The van der Waals surface area contributed by atoms with E-state index < -0.39 is 17.8 Å². The van der Waals surface area contributed by atoms with E-state index in [9.17, 15) is 19.5 Å². The van der Waals surface area contributed by atoms with Gasteiger partial charge in [-0.3, -0.25) is 14.5 Å². The first-order valence-corrected chi connectivity index (χ1v) is 10.6. The summed E-state index contributed by atoms with van der Waals surface area (Å²) in [6, 6.07) is 11.1. The second kappa shape index (κ2) is 9.69. The molecule has 0 saturated carbocycles. The van der Waals surface area contributed by atoms with Crippen molar-refractivity contribution in [3.05, 3.63) is 58.5 Å². The van der Waals surface area contributed by atoms with Gasteiger partial charge in [0.15, 0.2) is 17.1 Å². The number of amides is 1. The molecule has 32 heavy (non-hydrogen) atoms. The Balaban J connectivity index is 1.90. The van der Waals surface area contributed by atoms with Crippen LogP contribution < -0.4 is 4.74 Å². The molecular weight excluding hydrogens is 432 g/mol. The number of Topliss-reactive ketones (excluding diaryl/α,β-unsaturated/α-hetero) is 1. The van der Waals surface area contributed by atoms with Crippen molar-refractivity contribution in [2.75, 3.05) is 7.05 Å². The van der Waals surface area contributed by atoms with E-state index >= 15 is 0 Å². The van der Waals surface area contributed by atoms with Crippen molar-refractivity contribution in [1.82, 2.24) is 4.90 Å². The molecule has 1 heterocycles. The zero-order chi connectivity index (χ0) is 23.4. The maximum absolute atomic E-state index is 12.8. The number of nitrogens with zero attached hydrogens (tertiary/aromatic N) is 2. The van der Waals surface area contributed by atoms with Gasteiger partial charge in [0.1, 0.15) is 17.1 Å². The number of ether oxygens (including phenoxy) is 1. The molecule has 0 bridgehead atoms. The quantitative estimate of drug-likeness (QED) is 0.606. The van der Waals surface area contributed by atoms with Crippen LogP contribution in [0.5, 0.6) is 11.5 Å². The van der Waals surface area contributed by atoms with Crippen molar-refractivity contribution in [3.8, 4) is 11.5 Å². The molecule has 1 fully saturated rings. The number of ketones is 1. The lowest BCUT2D eigenvalue weighted by atomic mass is 10.1. The number of benzene rings is 2. The molecule has 0 spiro atoms. The van der Waals surface area contributed by atoms with Crippen LogP contribution in [0.4, 0.5) is 5.69 Å². The number of carbonyl (C=O) groups is 3. The molecule has 0 aromatic heterocycles. The Morgan fingerprint density at radius 3 is 2.59 bits per heavy atom. The Labute approximate surface area is 189 Å². The Bertz CT molecular complexity index is 1140. The molecule has 1 amide bonds. The fourth-order valence-electron chi connectivity index (χ4n) is 2.99. The zero-order valence-corrected chi connectivity index (χ0v) is 18.5. The molecule has 1 saturated heterocycles. The van der Waals surface area contributed by atoms with Gasteiger partial charge in [-0.1, -0.05) is 25.1 Å². The molecule has 1 unspecified atom stereocenters. The summed E-state index contributed by atoms with van der Waals surface area (Å²) in [6.45, 7) is 3.34. The monoisotopic (exact) mass is 454 g/mol. The van der Waals surface area contributed by atoms with Crippen LogP contribution in [-0.2, 0) is 9.59 Å². The summed E-state index contributed by atoms with van der Waals surface area (Å²) in [6.07, 6.45) is 1.64. The molecule has 9 heteroatoms. The summed E-state index contributed by atoms with van der Waals surface area (Å²) >= 11 is 1.14. The van der Waals surface area contributed by atoms with Gasteiger partial charge in [-0.15, -0.1) is 0 Å². The summed E-state index contributed by atoms with van der Waals surface area (Å²) in [7, 11) is 1.58. The lowest BCUT2D eigenvalue weighted by molar-refractivity contribution is -0.123. The minimum Gasteiger partial charge on any atom is -0.507 e. The van der Waals surface area contributed by atoms with E-state index in [4.69, 9.17) is 9.84 Å². The number of carboxylic acids is 1. The Morgan fingerprint density at radius 2 is 1.97 bits per heavy atom. The number of amidine groups is 1. The first kappa shape index (κ1) is 23.1. The summed E-state index contributed by atoms with van der Waals surface area (Å²) in [5, 5.41) is 19.3. The molecule has 1 aliphatic rings. The number of para-hydroxylation sites is 1. The van der Waals surface area contributed by atoms with Gasteiger partial charge in [0.2, 0.25) is 0 Å². The summed E-state index contributed by atoms with van der Waals surface area (Å²) < 4.78 is 5.86. The van der Waals surface area contributed by atoms with Crippen molar-refractivity contribution in [2.45, 2.75) is 26.4 Å². The van der Waals surface area contributed by atoms with Crippen LogP contribution in [0.15, 0.2) is 52.4 Å². The van der Waals surface area contributed by atoms with E-state index in [0.717, 1.165) is 11.8 Å². The molecule has 166 valence electrons. The van der Waals surface area contributed by atoms with Crippen molar-refractivity contribution < 1.29 is 29.3 Å². The van der Waals surface area contributed by atoms with Crippen molar-refractivity contribution in [1.29, 1.82) is 0 Å². The molecule has 0 radical (unpaired) electrons. The van der Waals surface area contributed by atoms with Crippen LogP contribution in [0.3, 0.4) is 0 Å². The van der Waals surface area contributed by atoms with Gasteiger partial charge in [0.05, 0.1) is 10.6 Å².